The van der Waals surface area contributed by atoms with Crippen LogP contribution in [-0.2, 0) is 14.8 Å². The van der Waals surface area contributed by atoms with Crippen molar-refractivity contribution >= 4 is 21.6 Å². The van der Waals surface area contributed by atoms with Crippen LogP contribution in [0.25, 0.3) is 0 Å². The van der Waals surface area contributed by atoms with Gasteiger partial charge in [0.1, 0.15) is 23.6 Å². The Kier molecular flexibility index (Phi) is 6.76. The zero-order valence-corrected chi connectivity index (χ0v) is 21.1. The van der Waals surface area contributed by atoms with E-state index in [1.807, 2.05) is 38.1 Å². The third-order valence-electron chi connectivity index (χ3n) is 6.00. The number of nitrogens with zero attached hydrogens (tertiary/aromatic N) is 1. The van der Waals surface area contributed by atoms with Crippen LogP contribution in [0.1, 0.15) is 37.4 Å². The van der Waals surface area contributed by atoms with Crippen molar-refractivity contribution in [1.29, 1.82) is 0 Å². The summed E-state index contributed by atoms with van der Waals surface area (Å²) in [6, 6.07) is 20.6. The fourth-order valence-electron chi connectivity index (χ4n) is 4.35. The zero-order valence-electron chi connectivity index (χ0n) is 20.3. The number of para-hydroxylation sites is 2. The number of carbonyl (C=O) groups is 1. The molecular formula is C27H30N2O5S. The van der Waals surface area contributed by atoms with E-state index in [1.165, 1.54) is 13.2 Å². The number of nitrogens with one attached hydrogen (secondary N) is 1. The molecule has 1 heterocycles. The highest BCUT2D eigenvalue weighted by Gasteiger charge is 2.35. The van der Waals surface area contributed by atoms with Crippen molar-refractivity contribution in [2.24, 2.45) is 0 Å². The van der Waals surface area contributed by atoms with Gasteiger partial charge in [0.15, 0.2) is 0 Å². The Labute approximate surface area is 206 Å². The van der Waals surface area contributed by atoms with Gasteiger partial charge in [0, 0.05) is 12.0 Å². The largest absolute Gasteiger partial charge is 0.496 e. The van der Waals surface area contributed by atoms with E-state index in [1.54, 1.807) is 49.4 Å². The third kappa shape index (κ3) is 5.27. The number of hydrogen-bond donors (Lipinski definition) is 1. The molecule has 7 nitrogen and oxygen atoms in total. The number of carbonyl (C=O) groups excluding carboxylic acids is 1. The smallest absolute Gasteiger partial charge is 0.264 e. The minimum atomic E-state index is -4.03. The Morgan fingerprint density at radius 2 is 1.77 bits per heavy atom. The SMILES string of the molecule is COc1ccc(S(=O)(=O)N(CC(=O)NC2CC(C)(C)Oc3ccccc32)c2ccccc2)cc1C. The van der Waals surface area contributed by atoms with Crippen LogP contribution in [0.5, 0.6) is 11.5 Å². The third-order valence-corrected chi connectivity index (χ3v) is 7.77. The fraction of sp³-hybridized carbons (Fsp3) is 0.296. The van der Waals surface area contributed by atoms with Crippen LogP contribution in [0.4, 0.5) is 5.69 Å². The molecule has 184 valence electrons. The summed E-state index contributed by atoms with van der Waals surface area (Å²) in [5, 5.41) is 3.04. The molecule has 1 N–H and O–H groups in total. The molecule has 8 heteroatoms. The van der Waals surface area contributed by atoms with E-state index in [4.69, 9.17) is 9.47 Å². The standard InChI is InChI=1S/C27H30N2O5S/c1-19-16-21(14-15-24(19)33-4)35(31,32)29(20-10-6-5-7-11-20)18-26(30)28-23-17-27(2,3)34-25-13-9-8-12-22(23)25/h5-16,23H,17-18H2,1-4H3,(H,28,30). The maximum Gasteiger partial charge on any atom is 0.264 e. The van der Waals surface area contributed by atoms with Gasteiger partial charge in [-0.25, -0.2) is 8.42 Å². The summed E-state index contributed by atoms with van der Waals surface area (Å²) >= 11 is 0. The molecule has 0 radical (unpaired) electrons. The van der Waals surface area contributed by atoms with Crippen LogP contribution in [0.2, 0.25) is 0 Å². The van der Waals surface area contributed by atoms with Crippen molar-refractivity contribution in [1.82, 2.24) is 5.32 Å². The maximum atomic E-state index is 13.7. The summed E-state index contributed by atoms with van der Waals surface area (Å²) in [4.78, 5) is 13.4. The minimum absolute atomic E-state index is 0.0880. The van der Waals surface area contributed by atoms with Gasteiger partial charge < -0.3 is 14.8 Å². The first kappa shape index (κ1) is 24.6. The Balaban J connectivity index is 1.64. The van der Waals surface area contributed by atoms with Gasteiger partial charge in [0.25, 0.3) is 10.0 Å². The molecule has 0 saturated heterocycles. The monoisotopic (exact) mass is 494 g/mol. The average Bonchev–Trinajstić information content (AvgIpc) is 2.82. The van der Waals surface area contributed by atoms with Crippen LogP contribution < -0.4 is 19.1 Å². The predicted octanol–water partition coefficient (Wildman–Crippen LogP) is 4.62. The lowest BCUT2D eigenvalue weighted by Gasteiger charge is -2.38. The van der Waals surface area contributed by atoms with E-state index in [2.05, 4.69) is 5.32 Å². The quantitative estimate of drug-likeness (QED) is 0.518. The second kappa shape index (κ2) is 9.62. The first-order valence-corrected chi connectivity index (χ1v) is 12.8. The number of hydrogen-bond acceptors (Lipinski definition) is 5. The van der Waals surface area contributed by atoms with Gasteiger partial charge in [0.05, 0.1) is 23.7 Å². The molecule has 0 bridgehead atoms. The van der Waals surface area contributed by atoms with Crippen LogP contribution >= 0.6 is 0 Å². The number of methoxy groups -OCH3 is 1. The lowest BCUT2D eigenvalue weighted by atomic mass is 9.89. The number of fused-ring (bicyclic) bond motifs is 1. The first-order valence-electron chi connectivity index (χ1n) is 11.4. The van der Waals surface area contributed by atoms with Gasteiger partial charge >= 0.3 is 0 Å². The van der Waals surface area contributed by atoms with Crippen molar-refractivity contribution in [2.45, 2.75) is 43.7 Å². The summed E-state index contributed by atoms with van der Waals surface area (Å²) in [5.41, 5.74) is 1.49. The van der Waals surface area contributed by atoms with Crippen LogP contribution in [0.15, 0.2) is 77.7 Å². The fourth-order valence-corrected chi connectivity index (χ4v) is 5.86. The minimum Gasteiger partial charge on any atom is -0.496 e. The van der Waals surface area contributed by atoms with Crippen molar-refractivity contribution in [3.05, 3.63) is 83.9 Å². The Morgan fingerprint density at radius 1 is 1.09 bits per heavy atom. The molecule has 35 heavy (non-hydrogen) atoms. The molecule has 0 spiro atoms. The number of benzene rings is 3. The molecule has 1 amide bonds. The number of anilines is 1. The Hall–Kier alpha value is -3.52. The van der Waals surface area contributed by atoms with E-state index < -0.39 is 21.5 Å². The summed E-state index contributed by atoms with van der Waals surface area (Å²) in [6.07, 6.45) is 0.561. The lowest BCUT2D eigenvalue weighted by Crippen LogP contribution is -2.45. The molecule has 0 fully saturated rings. The summed E-state index contributed by atoms with van der Waals surface area (Å²) in [7, 11) is -2.49. The second-order valence-corrected chi connectivity index (χ2v) is 11.1. The molecule has 1 aliphatic heterocycles. The molecule has 4 rings (SSSR count). The average molecular weight is 495 g/mol. The van der Waals surface area contributed by atoms with Crippen molar-refractivity contribution in [3.63, 3.8) is 0 Å². The first-order chi connectivity index (χ1) is 16.6. The summed E-state index contributed by atoms with van der Waals surface area (Å²) in [5.74, 6) is 0.907. The van der Waals surface area contributed by atoms with E-state index in [9.17, 15) is 13.2 Å². The molecule has 3 aromatic carbocycles. The van der Waals surface area contributed by atoms with Gasteiger partial charge in [-0.1, -0.05) is 36.4 Å². The van der Waals surface area contributed by atoms with Crippen molar-refractivity contribution < 1.29 is 22.7 Å². The van der Waals surface area contributed by atoms with Crippen molar-refractivity contribution in [2.75, 3.05) is 18.0 Å². The zero-order chi connectivity index (χ0) is 25.2. The normalized spacial score (nSPS) is 16.5. The maximum absolute atomic E-state index is 13.7. The highest BCUT2D eigenvalue weighted by Crippen LogP contribution is 2.39. The molecule has 0 saturated carbocycles. The Bertz CT molecular complexity index is 1320. The number of rotatable bonds is 7. The highest BCUT2D eigenvalue weighted by atomic mass is 32.2. The molecule has 0 aromatic heterocycles. The highest BCUT2D eigenvalue weighted by molar-refractivity contribution is 7.92. The summed E-state index contributed by atoms with van der Waals surface area (Å²) < 4.78 is 39.9. The molecular weight excluding hydrogens is 464 g/mol. The topological polar surface area (TPSA) is 84.9 Å². The molecule has 1 aliphatic rings. The number of sulfonamides is 1. The number of aryl methyl sites for hydroxylation is 1. The van der Waals surface area contributed by atoms with Gasteiger partial charge in [-0.3, -0.25) is 9.10 Å². The number of amides is 1. The van der Waals surface area contributed by atoms with Gasteiger partial charge in [-0.15, -0.1) is 0 Å². The predicted molar refractivity (Wildman–Crippen MR) is 135 cm³/mol. The lowest BCUT2D eigenvalue weighted by molar-refractivity contribution is -0.120. The van der Waals surface area contributed by atoms with Gasteiger partial charge in [-0.2, -0.15) is 0 Å². The van der Waals surface area contributed by atoms with Crippen molar-refractivity contribution in [3.8, 4) is 11.5 Å². The molecule has 3 aromatic rings. The second-order valence-electron chi connectivity index (χ2n) is 9.20. The van der Waals surface area contributed by atoms with Crippen LogP contribution in [0.3, 0.4) is 0 Å². The number of ether oxygens (including phenoxy) is 2. The van der Waals surface area contributed by atoms with E-state index >= 15 is 0 Å². The van der Waals surface area contributed by atoms with Gasteiger partial charge in [-0.05, 0) is 62.7 Å². The van der Waals surface area contributed by atoms with E-state index in [0.29, 0.717) is 23.4 Å². The van der Waals surface area contributed by atoms with E-state index in [-0.39, 0.29) is 17.5 Å². The van der Waals surface area contributed by atoms with Gasteiger partial charge in [0.2, 0.25) is 5.91 Å². The molecule has 0 aliphatic carbocycles. The Morgan fingerprint density at radius 3 is 2.46 bits per heavy atom. The summed E-state index contributed by atoms with van der Waals surface area (Å²) in [6.45, 7) is 5.35. The van der Waals surface area contributed by atoms with Crippen LogP contribution in [-0.4, -0.2) is 33.6 Å². The van der Waals surface area contributed by atoms with Crippen LogP contribution in [0, 0.1) is 6.92 Å². The molecule has 1 unspecified atom stereocenters. The van der Waals surface area contributed by atoms with E-state index in [0.717, 1.165) is 15.6 Å². The molecule has 1 atom stereocenters.